The highest BCUT2D eigenvalue weighted by Crippen LogP contribution is 2.20. The smallest absolute Gasteiger partial charge is 0.255 e. The summed E-state index contributed by atoms with van der Waals surface area (Å²) in [7, 11) is 1.63. The van der Waals surface area contributed by atoms with Gasteiger partial charge in [0.1, 0.15) is 18.2 Å². The molecule has 1 aliphatic heterocycles. The van der Waals surface area contributed by atoms with Crippen molar-refractivity contribution in [2.75, 3.05) is 24.6 Å². The van der Waals surface area contributed by atoms with Crippen LogP contribution < -0.4 is 10.5 Å². The fourth-order valence-electron chi connectivity index (χ4n) is 3.17. The first kappa shape index (κ1) is 18.9. The van der Waals surface area contributed by atoms with E-state index in [1.807, 2.05) is 4.90 Å². The Labute approximate surface area is 165 Å². The van der Waals surface area contributed by atoms with Gasteiger partial charge in [-0.3, -0.25) is 14.2 Å². The molecule has 9 heteroatoms. The highest BCUT2D eigenvalue weighted by molar-refractivity contribution is 5.99. The lowest BCUT2D eigenvalue weighted by molar-refractivity contribution is 0.0336. The van der Waals surface area contributed by atoms with Gasteiger partial charge < -0.3 is 9.64 Å². The van der Waals surface area contributed by atoms with Crippen LogP contribution in [0.3, 0.4) is 0 Å². The number of aromatic nitrogens is 4. The largest absolute Gasteiger partial charge is 0.366 e. The molecule has 3 aromatic rings. The molecule has 148 valence electrons. The molecule has 0 saturated carbocycles. The third kappa shape index (κ3) is 3.90. The van der Waals surface area contributed by atoms with E-state index in [0.29, 0.717) is 36.1 Å². The molecule has 8 nitrogen and oxygen atoms in total. The second-order valence-corrected chi connectivity index (χ2v) is 6.61. The lowest BCUT2D eigenvalue weighted by Gasteiger charge is -2.33. The standard InChI is InChI=1S/C20H18FN5O3/c1-25-18(27)10-16(15-6-7-22-12-23-15)24-20(25)26-8-9-29-17(11-26)19(28)13-2-4-14(21)5-3-13/h2-7,10,12,17H,8-9,11H2,1H3. The summed E-state index contributed by atoms with van der Waals surface area (Å²) in [6, 6.07) is 8.43. The Morgan fingerprint density at radius 3 is 2.72 bits per heavy atom. The Balaban J connectivity index is 1.63. The maximum Gasteiger partial charge on any atom is 0.255 e. The molecular formula is C20H18FN5O3. The third-order valence-electron chi connectivity index (χ3n) is 4.73. The number of morpholine rings is 1. The average Bonchev–Trinajstić information content (AvgIpc) is 2.76. The Kier molecular flexibility index (Phi) is 5.13. The summed E-state index contributed by atoms with van der Waals surface area (Å²) in [5.41, 5.74) is 1.09. The number of halogens is 1. The minimum absolute atomic E-state index is 0.226. The van der Waals surface area contributed by atoms with Crippen LogP contribution in [0.15, 0.2) is 53.7 Å². The van der Waals surface area contributed by atoms with E-state index in [1.165, 1.54) is 41.2 Å². The highest BCUT2D eigenvalue weighted by Gasteiger charge is 2.29. The number of ketones is 1. The first-order chi connectivity index (χ1) is 14.0. The van der Waals surface area contributed by atoms with Gasteiger partial charge in [0, 0.05) is 31.4 Å². The summed E-state index contributed by atoms with van der Waals surface area (Å²) < 4.78 is 20.2. The van der Waals surface area contributed by atoms with Crippen LogP contribution in [0, 0.1) is 5.82 Å². The van der Waals surface area contributed by atoms with E-state index < -0.39 is 11.9 Å². The van der Waals surface area contributed by atoms with Crippen molar-refractivity contribution in [3.63, 3.8) is 0 Å². The van der Waals surface area contributed by atoms with E-state index in [9.17, 15) is 14.0 Å². The molecule has 1 aromatic carbocycles. The summed E-state index contributed by atoms with van der Waals surface area (Å²) in [6.07, 6.45) is 2.22. The number of nitrogens with zero attached hydrogens (tertiary/aromatic N) is 5. The minimum atomic E-state index is -0.742. The normalized spacial score (nSPS) is 16.6. The zero-order valence-corrected chi connectivity index (χ0v) is 15.7. The van der Waals surface area contributed by atoms with Gasteiger partial charge in [-0.25, -0.2) is 19.3 Å². The number of hydrogen-bond donors (Lipinski definition) is 0. The number of anilines is 1. The fraction of sp³-hybridized carbons (Fsp3) is 0.250. The molecule has 0 amide bonds. The van der Waals surface area contributed by atoms with Crippen molar-refractivity contribution in [3.8, 4) is 11.4 Å². The van der Waals surface area contributed by atoms with Gasteiger partial charge in [0.05, 0.1) is 24.5 Å². The number of carbonyl (C=O) groups excluding carboxylic acids is 1. The van der Waals surface area contributed by atoms with Crippen molar-refractivity contribution >= 4 is 11.7 Å². The molecule has 1 atom stereocenters. The molecule has 0 bridgehead atoms. The van der Waals surface area contributed by atoms with E-state index in [4.69, 9.17) is 4.74 Å². The Hall–Kier alpha value is -3.46. The van der Waals surface area contributed by atoms with Crippen LogP contribution in [0.1, 0.15) is 10.4 Å². The SMILES string of the molecule is Cn1c(N2CCOC(C(=O)c3ccc(F)cc3)C2)nc(-c2ccncn2)cc1=O. The topological polar surface area (TPSA) is 90.2 Å². The van der Waals surface area contributed by atoms with Gasteiger partial charge in [0.25, 0.3) is 5.56 Å². The predicted molar refractivity (Wildman–Crippen MR) is 103 cm³/mol. The van der Waals surface area contributed by atoms with Gasteiger partial charge in [-0.2, -0.15) is 0 Å². The van der Waals surface area contributed by atoms with Crippen molar-refractivity contribution in [1.29, 1.82) is 0 Å². The zero-order chi connectivity index (χ0) is 20.4. The fourth-order valence-corrected chi connectivity index (χ4v) is 3.17. The summed E-state index contributed by atoms with van der Waals surface area (Å²) >= 11 is 0. The molecule has 2 aromatic heterocycles. The number of carbonyl (C=O) groups is 1. The summed E-state index contributed by atoms with van der Waals surface area (Å²) in [6.45, 7) is 0.996. The predicted octanol–water partition coefficient (Wildman–Crippen LogP) is 1.46. The van der Waals surface area contributed by atoms with E-state index in [-0.39, 0.29) is 17.9 Å². The summed E-state index contributed by atoms with van der Waals surface area (Å²) in [5.74, 6) is -0.230. The van der Waals surface area contributed by atoms with E-state index >= 15 is 0 Å². The molecule has 0 aliphatic carbocycles. The average molecular weight is 395 g/mol. The van der Waals surface area contributed by atoms with Crippen LogP contribution >= 0.6 is 0 Å². The second kappa shape index (κ2) is 7.88. The van der Waals surface area contributed by atoms with Crippen LogP contribution in [-0.2, 0) is 11.8 Å². The zero-order valence-electron chi connectivity index (χ0n) is 15.7. The van der Waals surface area contributed by atoms with Crippen LogP contribution in [-0.4, -0.2) is 51.1 Å². The first-order valence-electron chi connectivity index (χ1n) is 9.04. The first-order valence-corrected chi connectivity index (χ1v) is 9.04. The Morgan fingerprint density at radius 2 is 2.00 bits per heavy atom. The van der Waals surface area contributed by atoms with Crippen LogP contribution in [0.25, 0.3) is 11.4 Å². The molecule has 0 spiro atoms. The number of Topliss-reactive ketones (excluding diaryl/α,β-unsaturated/α-hetero) is 1. The maximum absolute atomic E-state index is 13.1. The molecule has 29 heavy (non-hydrogen) atoms. The van der Waals surface area contributed by atoms with Crippen LogP contribution in [0.5, 0.6) is 0 Å². The molecule has 0 radical (unpaired) electrons. The van der Waals surface area contributed by atoms with Crippen molar-refractivity contribution in [2.24, 2.45) is 7.05 Å². The third-order valence-corrected chi connectivity index (χ3v) is 4.73. The van der Waals surface area contributed by atoms with Crippen molar-refractivity contribution in [3.05, 3.63) is 70.7 Å². The maximum atomic E-state index is 13.1. The quantitative estimate of drug-likeness (QED) is 0.618. The number of ether oxygens (including phenoxy) is 1. The molecule has 4 rings (SSSR count). The van der Waals surface area contributed by atoms with E-state index in [1.54, 1.807) is 19.3 Å². The molecule has 1 unspecified atom stereocenters. The van der Waals surface area contributed by atoms with Crippen LogP contribution in [0.2, 0.25) is 0 Å². The van der Waals surface area contributed by atoms with E-state index in [2.05, 4.69) is 15.0 Å². The summed E-state index contributed by atoms with van der Waals surface area (Å²) in [5, 5.41) is 0. The van der Waals surface area contributed by atoms with Gasteiger partial charge in [0.2, 0.25) is 5.95 Å². The molecule has 0 N–H and O–H groups in total. The molecule has 1 aliphatic rings. The lowest BCUT2D eigenvalue weighted by atomic mass is 10.0. The molecule has 1 fully saturated rings. The summed E-state index contributed by atoms with van der Waals surface area (Å²) in [4.78, 5) is 39.7. The Bertz CT molecular complexity index is 1090. The minimum Gasteiger partial charge on any atom is -0.366 e. The van der Waals surface area contributed by atoms with Gasteiger partial charge in [-0.15, -0.1) is 0 Å². The number of benzene rings is 1. The number of hydrogen-bond acceptors (Lipinski definition) is 7. The van der Waals surface area contributed by atoms with Crippen molar-refractivity contribution in [2.45, 2.75) is 6.10 Å². The molecular weight excluding hydrogens is 377 g/mol. The van der Waals surface area contributed by atoms with Crippen molar-refractivity contribution < 1.29 is 13.9 Å². The van der Waals surface area contributed by atoms with Gasteiger partial charge in [-0.05, 0) is 30.3 Å². The lowest BCUT2D eigenvalue weighted by Crippen LogP contribution is -2.48. The Morgan fingerprint density at radius 1 is 1.21 bits per heavy atom. The molecule has 1 saturated heterocycles. The van der Waals surface area contributed by atoms with E-state index in [0.717, 1.165) is 0 Å². The van der Waals surface area contributed by atoms with Crippen molar-refractivity contribution in [1.82, 2.24) is 19.5 Å². The van der Waals surface area contributed by atoms with Gasteiger partial charge in [0.15, 0.2) is 5.78 Å². The van der Waals surface area contributed by atoms with Gasteiger partial charge >= 0.3 is 0 Å². The number of rotatable bonds is 4. The molecule has 3 heterocycles. The second-order valence-electron chi connectivity index (χ2n) is 6.61. The monoisotopic (exact) mass is 395 g/mol. The van der Waals surface area contributed by atoms with Crippen LogP contribution in [0.4, 0.5) is 10.3 Å². The highest BCUT2D eigenvalue weighted by atomic mass is 19.1. The van der Waals surface area contributed by atoms with Gasteiger partial charge in [-0.1, -0.05) is 0 Å².